The standard InChI is InChI=1S/C22H18FN3O2/c23-18-8-10-19(11-9-18)26-14-17(12-21(26)27)22(28)25-24-13-16-6-3-5-15-4-1-2-7-20(15)16/h1-11,13,17H,12,14H2,(H,25,28)/b24-13-/t17-/m0/s1. The molecule has 1 fully saturated rings. The Labute approximate surface area is 161 Å². The van der Waals surface area contributed by atoms with Crippen LogP contribution in [-0.4, -0.2) is 24.6 Å². The second kappa shape index (κ2) is 7.60. The predicted molar refractivity (Wildman–Crippen MR) is 107 cm³/mol. The summed E-state index contributed by atoms with van der Waals surface area (Å²) in [4.78, 5) is 26.1. The summed E-state index contributed by atoms with van der Waals surface area (Å²) in [7, 11) is 0. The lowest BCUT2D eigenvalue weighted by Gasteiger charge is -2.16. The first-order chi connectivity index (χ1) is 13.6. The Kier molecular flexibility index (Phi) is 4.85. The van der Waals surface area contributed by atoms with Gasteiger partial charge in [-0.25, -0.2) is 9.82 Å². The number of amides is 2. The molecule has 0 radical (unpaired) electrons. The van der Waals surface area contributed by atoms with Crippen LogP contribution < -0.4 is 10.3 Å². The van der Waals surface area contributed by atoms with Crippen molar-refractivity contribution < 1.29 is 14.0 Å². The predicted octanol–water partition coefficient (Wildman–Crippen LogP) is 3.48. The number of benzene rings is 3. The van der Waals surface area contributed by atoms with Crippen LogP contribution >= 0.6 is 0 Å². The number of hydrogen-bond acceptors (Lipinski definition) is 3. The lowest BCUT2D eigenvalue weighted by atomic mass is 10.1. The second-order valence-corrected chi connectivity index (χ2v) is 6.68. The summed E-state index contributed by atoms with van der Waals surface area (Å²) in [6.07, 6.45) is 1.71. The highest BCUT2D eigenvalue weighted by molar-refractivity contribution is 6.01. The van der Waals surface area contributed by atoms with Gasteiger partial charge in [0.25, 0.3) is 0 Å². The Hall–Kier alpha value is -3.54. The van der Waals surface area contributed by atoms with Gasteiger partial charge in [0.1, 0.15) is 5.82 Å². The third kappa shape index (κ3) is 3.62. The maximum absolute atomic E-state index is 13.1. The number of nitrogens with one attached hydrogen (secondary N) is 1. The highest BCUT2D eigenvalue weighted by Crippen LogP contribution is 2.25. The van der Waals surface area contributed by atoms with E-state index in [1.807, 2.05) is 42.5 Å². The number of hydrazone groups is 1. The van der Waals surface area contributed by atoms with E-state index < -0.39 is 5.92 Å². The molecule has 0 spiro atoms. The molecular formula is C22H18FN3O2. The third-order valence-electron chi connectivity index (χ3n) is 4.84. The van der Waals surface area contributed by atoms with Crippen molar-refractivity contribution in [2.45, 2.75) is 6.42 Å². The molecule has 6 heteroatoms. The topological polar surface area (TPSA) is 61.8 Å². The number of nitrogens with zero attached hydrogens (tertiary/aromatic N) is 2. The van der Waals surface area contributed by atoms with Gasteiger partial charge in [-0.15, -0.1) is 0 Å². The first-order valence-corrected chi connectivity index (χ1v) is 8.98. The SMILES string of the molecule is O=C(N/N=C\c1cccc2ccccc12)[C@H]1CC(=O)N(c2ccc(F)cc2)C1. The van der Waals surface area contributed by atoms with Crippen LogP contribution in [0.4, 0.5) is 10.1 Å². The Balaban J connectivity index is 1.42. The van der Waals surface area contributed by atoms with Crippen molar-refractivity contribution in [3.8, 4) is 0 Å². The van der Waals surface area contributed by atoms with Gasteiger partial charge in [-0.1, -0.05) is 42.5 Å². The van der Waals surface area contributed by atoms with E-state index in [9.17, 15) is 14.0 Å². The number of halogens is 1. The molecule has 140 valence electrons. The summed E-state index contributed by atoms with van der Waals surface area (Å²) in [6, 6.07) is 19.5. The van der Waals surface area contributed by atoms with Crippen molar-refractivity contribution in [2.24, 2.45) is 11.0 Å². The van der Waals surface area contributed by atoms with Crippen molar-refractivity contribution >= 4 is 34.5 Å². The molecule has 0 unspecified atom stereocenters. The Bertz CT molecular complexity index is 1060. The van der Waals surface area contributed by atoms with Crippen LogP contribution in [-0.2, 0) is 9.59 Å². The van der Waals surface area contributed by atoms with Gasteiger partial charge in [-0.2, -0.15) is 5.10 Å². The smallest absolute Gasteiger partial charge is 0.245 e. The fourth-order valence-corrected chi connectivity index (χ4v) is 3.37. The summed E-state index contributed by atoms with van der Waals surface area (Å²) >= 11 is 0. The zero-order valence-corrected chi connectivity index (χ0v) is 15.0. The Morgan fingerprint density at radius 3 is 2.64 bits per heavy atom. The number of hydrogen-bond donors (Lipinski definition) is 1. The number of rotatable bonds is 4. The molecular weight excluding hydrogens is 357 g/mol. The van der Waals surface area contributed by atoms with Crippen LogP contribution in [0.1, 0.15) is 12.0 Å². The van der Waals surface area contributed by atoms with Crippen molar-refractivity contribution in [3.05, 3.63) is 78.1 Å². The fourth-order valence-electron chi connectivity index (χ4n) is 3.37. The second-order valence-electron chi connectivity index (χ2n) is 6.68. The van der Waals surface area contributed by atoms with Gasteiger partial charge in [0, 0.05) is 24.2 Å². The summed E-state index contributed by atoms with van der Waals surface area (Å²) in [5.41, 5.74) is 4.01. The minimum absolute atomic E-state index is 0.104. The maximum atomic E-state index is 13.1. The summed E-state index contributed by atoms with van der Waals surface area (Å²) in [5.74, 6) is -1.34. The van der Waals surface area contributed by atoms with E-state index in [4.69, 9.17) is 0 Å². The number of fused-ring (bicyclic) bond motifs is 1. The molecule has 28 heavy (non-hydrogen) atoms. The van der Waals surface area contributed by atoms with Gasteiger partial charge in [-0.05, 0) is 35.0 Å². The van der Waals surface area contributed by atoms with E-state index >= 15 is 0 Å². The summed E-state index contributed by atoms with van der Waals surface area (Å²) < 4.78 is 13.1. The monoisotopic (exact) mass is 375 g/mol. The normalized spacial score (nSPS) is 16.8. The molecule has 1 heterocycles. The van der Waals surface area contributed by atoms with Crippen LogP contribution in [0.15, 0.2) is 71.8 Å². The third-order valence-corrected chi connectivity index (χ3v) is 4.84. The Morgan fingerprint density at radius 1 is 1.07 bits per heavy atom. The molecule has 2 amide bonds. The van der Waals surface area contributed by atoms with Crippen molar-refractivity contribution in [3.63, 3.8) is 0 Å². The number of anilines is 1. The molecule has 3 aromatic rings. The van der Waals surface area contributed by atoms with E-state index in [1.165, 1.54) is 29.2 Å². The molecule has 1 atom stereocenters. The molecule has 0 saturated carbocycles. The van der Waals surface area contributed by atoms with Gasteiger partial charge < -0.3 is 4.90 Å². The van der Waals surface area contributed by atoms with E-state index in [-0.39, 0.29) is 30.6 Å². The molecule has 4 rings (SSSR count). The van der Waals surface area contributed by atoms with Gasteiger partial charge in [0.15, 0.2) is 0 Å². The van der Waals surface area contributed by atoms with Crippen LogP contribution in [0.2, 0.25) is 0 Å². The molecule has 0 aliphatic carbocycles. The number of carbonyl (C=O) groups excluding carboxylic acids is 2. The lowest BCUT2D eigenvalue weighted by Crippen LogP contribution is -2.30. The average Bonchev–Trinajstić information content (AvgIpc) is 3.10. The van der Waals surface area contributed by atoms with Crippen molar-refractivity contribution in [1.82, 2.24) is 5.43 Å². The Morgan fingerprint density at radius 2 is 1.82 bits per heavy atom. The molecule has 1 aliphatic heterocycles. The fraction of sp³-hybridized carbons (Fsp3) is 0.136. The van der Waals surface area contributed by atoms with Crippen LogP contribution in [0, 0.1) is 11.7 Å². The van der Waals surface area contributed by atoms with Gasteiger partial charge in [0.05, 0.1) is 12.1 Å². The minimum atomic E-state index is -0.498. The molecule has 1 N–H and O–H groups in total. The van der Waals surface area contributed by atoms with Crippen LogP contribution in [0.5, 0.6) is 0 Å². The largest absolute Gasteiger partial charge is 0.312 e. The molecule has 5 nitrogen and oxygen atoms in total. The quantitative estimate of drug-likeness (QED) is 0.561. The summed E-state index contributed by atoms with van der Waals surface area (Å²) in [6.45, 7) is 0.250. The average molecular weight is 375 g/mol. The maximum Gasteiger partial charge on any atom is 0.245 e. The highest BCUT2D eigenvalue weighted by Gasteiger charge is 2.35. The minimum Gasteiger partial charge on any atom is -0.312 e. The molecule has 0 bridgehead atoms. The first-order valence-electron chi connectivity index (χ1n) is 8.98. The van der Waals surface area contributed by atoms with E-state index in [2.05, 4.69) is 10.5 Å². The lowest BCUT2D eigenvalue weighted by molar-refractivity contribution is -0.126. The molecule has 1 aliphatic rings. The zero-order valence-electron chi connectivity index (χ0n) is 15.0. The molecule has 1 saturated heterocycles. The number of carbonyl (C=O) groups is 2. The van der Waals surface area contributed by atoms with Gasteiger partial charge in [0.2, 0.25) is 11.8 Å². The van der Waals surface area contributed by atoms with E-state index in [0.29, 0.717) is 5.69 Å². The highest BCUT2D eigenvalue weighted by atomic mass is 19.1. The zero-order chi connectivity index (χ0) is 19.5. The summed E-state index contributed by atoms with van der Waals surface area (Å²) in [5, 5.41) is 6.20. The van der Waals surface area contributed by atoms with Crippen molar-refractivity contribution in [1.29, 1.82) is 0 Å². The van der Waals surface area contributed by atoms with Gasteiger partial charge in [-0.3, -0.25) is 9.59 Å². The van der Waals surface area contributed by atoms with Crippen molar-refractivity contribution in [2.75, 3.05) is 11.4 Å². The van der Waals surface area contributed by atoms with Gasteiger partial charge >= 0.3 is 0 Å². The van der Waals surface area contributed by atoms with E-state index in [1.54, 1.807) is 6.21 Å². The molecule has 3 aromatic carbocycles. The first kappa shape index (κ1) is 17.9. The van der Waals surface area contributed by atoms with Crippen LogP contribution in [0.25, 0.3) is 10.8 Å². The van der Waals surface area contributed by atoms with Crippen LogP contribution in [0.3, 0.4) is 0 Å². The van der Waals surface area contributed by atoms with E-state index in [0.717, 1.165) is 16.3 Å². The molecule has 0 aromatic heterocycles.